The zero-order valence-corrected chi connectivity index (χ0v) is 34.8. The van der Waals surface area contributed by atoms with Crippen molar-refractivity contribution in [2.45, 2.75) is 5.41 Å². The summed E-state index contributed by atoms with van der Waals surface area (Å²) < 4.78 is 14.1. The summed E-state index contributed by atoms with van der Waals surface area (Å²) in [5.41, 5.74) is 19.3. The van der Waals surface area contributed by atoms with Gasteiger partial charge >= 0.3 is 0 Å². The molecule has 0 saturated heterocycles. The fraction of sp³-hybridized carbons (Fsp3) is 0.0164. The second-order valence-corrected chi connectivity index (χ2v) is 16.7. The van der Waals surface area contributed by atoms with Gasteiger partial charge in [0.05, 0.1) is 16.8 Å². The first-order valence-electron chi connectivity index (χ1n) is 21.9. The molecule has 13 rings (SSSR count). The summed E-state index contributed by atoms with van der Waals surface area (Å²) in [4.78, 5) is 2.36. The molecule has 3 aliphatic rings. The van der Waals surface area contributed by atoms with Gasteiger partial charge in [-0.2, -0.15) is 0 Å². The highest BCUT2D eigenvalue weighted by atomic mass is 16.6. The lowest BCUT2D eigenvalue weighted by molar-refractivity contribution is 0.360. The molecule has 64 heavy (non-hydrogen) atoms. The highest BCUT2D eigenvalue weighted by Gasteiger charge is 2.53. The van der Waals surface area contributed by atoms with Gasteiger partial charge in [-0.1, -0.05) is 194 Å². The van der Waals surface area contributed by atoms with Gasteiger partial charge in [0.1, 0.15) is 0 Å². The molecule has 0 N–H and O–H groups in total. The van der Waals surface area contributed by atoms with Crippen LogP contribution >= 0.6 is 0 Å². The molecule has 0 fully saturated rings. The lowest BCUT2D eigenvalue weighted by Crippen LogP contribution is -2.25. The van der Waals surface area contributed by atoms with Gasteiger partial charge in [0, 0.05) is 22.9 Å². The van der Waals surface area contributed by atoms with E-state index in [1.54, 1.807) is 0 Å². The molecule has 1 aliphatic heterocycles. The average Bonchev–Trinajstić information content (AvgIpc) is 3.84. The third-order valence-corrected chi connectivity index (χ3v) is 13.4. The smallest absolute Gasteiger partial charge is 0.178 e. The molecule has 300 valence electrons. The lowest BCUT2D eigenvalue weighted by Gasteiger charge is -2.31. The Kier molecular flexibility index (Phi) is 8.13. The van der Waals surface area contributed by atoms with Crippen LogP contribution in [0.2, 0.25) is 0 Å². The van der Waals surface area contributed by atoms with E-state index in [9.17, 15) is 0 Å². The predicted octanol–water partition coefficient (Wildman–Crippen LogP) is 16.4. The van der Waals surface area contributed by atoms with Gasteiger partial charge in [-0.3, -0.25) is 0 Å². The number of fused-ring (bicyclic) bond motifs is 13. The number of rotatable bonds is 6. The van der Waals surface area contributed by atoms with E-state index in [2.05, 4.69) is 235 Å². The summed E-state index contributed by atoms with van der Waals surface area (Å²) in [6.07, 6.45) is 0. The highest BCUT2D eigenvalue weighted by Crippen LogP contribution is 2.66. The van der Waals surface area contributed by atoms with E-state index in [1.807, 2.05) is 6.07 Å². The van der Waals surface area contributed by atoms with Gasteiger partial charge in [-0.25, -0.2) is 0 Å². The van der Waals surface area contributed by atoms with Gasteiger partial charge < -0.3 is 14.4 Å². The fourth-order valence-electron chi connectivity index (χ4n) is 10.7. The van der Waals surface area contributed by atoms with E-state index in [0.29, 0.717) is 17.2 Å². The van der Waals surface area contributed by atoms with Crippen LogP contribution in [-0.4, -0.2) is 0 Å². The van der Waals surface area contributed by atoms with Crippen LogP contribution in [0, 0.1) is 0 Å². The van der Waals surface area contributed by atoms with Crippen LogP contribution < -0.4 is 14.4 Å². The van der Waals surface area contributed by atoms with Gasteiger partial charge in [0.2, 0.25) is 0 Å². The standard InChI is InChI=1S/C61H39NO2/c1-4-18-40(19-5-1)45-34-32-43(38-50(45)42-22-8-3-9-23-42)62(55-31-17-13-24-46(55)41-20-6-2-7-21-41)44-33-36-56-58(39-44)64-60-57(63-56)37-35-54-59(60)49-27-12-16-30-53(49)61(54)51-28-14-10-25-47(51)48-26-11-15-29-52(48)61/h1-39H. The molecule has 0 atom stereocenters. The quantitative estimate of drug-likeness (QED) is 0.167. The van der Waals surface area contributed by atoms with Crippen LogP contribution in [0.5, 0.6) is 23.0 Å². The molecule has 0 radical (unpaired) electrons. The average molecular weight is 818 g/mol. The zero-order chi connectivity index (χ0) is 42.2. The predicted molar refractivity (Wildman–Crippen MR) is 260 cm³/mol. The Hall–Kier alpha value is -8.40. The number of nitrogens with zero attached hydrogens (tertiary/aromatic N) is 1. The third kappa shape index (κ3) is 5.34. The first-order chi connectivity index (χ1) is 31.8. The summed E-state index contributed by atoms with van der Waals surface area (Å²) in [7, 11) is 0. The minimum Gasteiger partial charge on any atom is -0.449 e. The molecule has 0 bridgehead atoms. The zero-order valence-electron chi connectivity index (χ0n) is 34.8. The fourth-order valence-corrected chi connectivity index (χ4v) is 10.7. The summed E-state index contributed by atoms with van der Waals surface area (Å²) in [5.74, 6) is 2.79. The van der Waals surface area contributed by atoms with Crippen molar-refractivity contribution in [1.29, 1.82) is 0 Å². The van der Waals surface area contributed by atoms with Crippen molar-refractivity contribution < 1.29 is 9.47 Å². The number of ether oxygens (including phenoxy) is 2. The number of anilines is 3. The van der Waals surface area contributed by atoms with Crippen molar-refractivity contribution in [2.75, 3.05) is 4.90 Å². The molecule has 0 unspecified atom stereocenters. The van der Waals surface area contributed by atoms with Gasteiger partial charge in [0.15, 0.2) is 23.0 Å². The minimum absolute atomic E-state index is 0.486. The maximum Gasteiger partial charge on any atom is 0.178 e. The molecule has 0 amide bonds. The van der Waals surface area contributed by atoms with Gasteiger partial charge in [0.25, 0.3) is 0 Å². The molecular weight excluding hydrogens is 779 g/mol. The summed E-state index contributed by atoms with van der Waals surface area (Å²) in [6.45, 7) is 0. The second-order valence-electron chi connectivity index (χ2n) is 16.7. The minimum atomic E-state index is -0.486. The summed E-state index contributed by atoms with van der Waals surface area (Å²) >= 11 is 0. The van der Waals surface area contributed by atoms with Crippen molar-refractivity contribution in [1.82, 2.24) is 0 Å². The first kappa shape index (κ1) is 36.3. The normalized spacial score (nSPS) is 13.1. The van der Waals surface area contributed by atoms with E-state index in [4.69, 9.17) is 9.47 Å². The maximum atomic E-state index is 7.25. The second kappa shape index (κ2) is 14.3. The van der Waals surface area contributed by atoms with Crippen LogP contribution in [-0.2, 0) is 5.41 Å². The lowest BCUT2D eigenvalue weighted by atomic mass is 9.70. The molecule has 0 saturated carbocycles. The largest absolute Gasteiger partial charge is 0.449 e. The van der Waals surface area contributed by atoms with Gasteiger partial charge in [-0.05, 0) is 103 Å². The van der Waals surface area contributed by atoms with E-state index in [0.717, 1.165) is 56.2 Å². The number of benzene rings is 10. The molecule has 1 heterocycles. The number of hydrogen-bond acceptors (Lipinski definition) is 3. The van der Waals surface area contributed by atoms with Crippen LogP contribution in [0.4, 0.5) is 17.1 Å². The molecule has 3 nitrogen and oxygen atoms in total. The Bertz CT molecular complexity index is 3400. The van der Waals surface area contributed by atoms with Crippen LogP contribution in [0.25, 0.3) is 55.6 Å². The molecule has 10 aromatic rings. The van der Waals surface area contributed by atoms with Crippen molar-refractivity contribution in [3.63, 3.8) is 0 Å². The number of para-hydroxylation sites is 1. The van der Waals surface area contributed by atoms with E-state index in [1.165, 1.54) is 44.5 Å². The Labute approximate surface area is 372 Å². The first-order valence-corrected chi connectivity index (χ1v) is 21.9. The molecule has 1 spiro atoms. The monoisotopic (exact) mass is 817 g/mol. The Balaban J connectivity index is 0.998. The summed E-state index contributed by atoms with van der Waals surface area (Å²) in [6, 6.07) is 84.7. The Morgan fingerprint density at radius 1 is 0.297 bits per heavy atom. The maximum absolute atomic E-state index is 7.25. The topological polar surface area (TPSA) is 21.7 Å². The molecule has 10 aromatic carbocycles. The van der Waals surface area contributed by atoms with Crippen LogP contribution in [0.1, 0.15) is 22.3 Å². The Morgan fingerprint density at radius 3 is 1.44 bits per heavy atom. The van der Waals surface area contributed by atoms with Crippen molar-refractivity contribution in [3.05, 3.63) is 259 Å². The van der Waals surface area contributed by atoms with Crippen LogP contribution in [0.15, 0.2) is 237 Å². The highest BCUT2D eigenvalue weighted by molar-refractivity contribution is 5.98. The van der Waals surface area contributed by atoms with Gasteiger partial charge in [-0.15, -0.1) is 0 Å². The third-order valence-electron chi connectivity index (χ3n) is 13.4. The van der Waals surface area contributed by atoms with Crippen molar-refractivity contribution in [2.24, 2.45) is 0 Å². The van der Waals surface area contributed by atoms with Crippen molar-refractivity contribution >= 4 is 17.1 Å². The molecule has 0 aromatic heterocycles. The SMILES string of the molecule is c1ccc(-c2ccc(N(c3ccc4c(c3)Oc3c(ccc5c3-c3ccccc3C53c5ccccc5-c5ccccc53)O4)c3ccccc3-c3ccccc3)cc2-c2ccccc2)cc1. The molecule has 2 aliphatic carbocycles. The van der Waals surface area contributed by atoms with E-state index >= 15 is 0 Å². The number of hydrogen-bond donors (Lipinski definition) is 0. The van der Waals surface area contributed by atoms with Crippen LogP contribution in [0.3, 0.4) is 0 Å². The van der Waals surface area contributed by atoms with E-state index < -0.39 is 5.41 Å². The van der Waals surface area contributed by atoms with Crippen molar-refractivity contribution in [3.8, 4) is 78.6 Å². The Morgan fingerprint density at radius 2 is 0.781 bits per heavy atom. The molecule has 3 heteroatoms. The molecular formula is C61H39NO2. The van der Waals surface area contributed by atoms with E-state index in [-0.39, 0.29) is 0 Å². The summed E-state index contributed by atoms with van der Waals surface area (Å²) in [5, 5.41) is 0.